The Labute approximate surface area is 183 Å². The van der Waals surface area contributed by atoms with Crippen molar-refractivity contribution in [1.82, 2.24) is 30.5 Å². The molecular weight excluding hydrogens is 413 g/mol. The quantitative estimate of drug-likeness (QED) is 0.512. The molecule has 1 aromatic carbocycles. The number of nitrogen functional groups attached to an aromatic ring is 1. The Kier molecular flexibility index (Phi) is 4.99. The lowest BCUT2D eigenvalue weighted by Gasteiger charge is -2.10. The highest BCUT2D eigenvalue weighted by molar-refractivity contribution is 7.15. The summed E-state index contributed by atoms with van der Waals surface area (Å²) >= 11 is 1.79. The van der Waals surface area contributed by atoms with E-state index in [-0.39, 0.29) is 5.82 Å². The van der Waals surface area contributed by atoms with E-state index < -0.39 is 0 Å². The van der Waals surface area contributed by atoms with Gasteiger partial charge >= 0.3 is 0 Å². The van der Waals surface area contributed by atoms with Gasteiger partial charge in [0.05, 0.1) is 11.3 Å². The molecule has 5 rings (SSSR count). The molecule has 0 unspecified atom stereocenters. The van der Waals surface area contributed by atoms with Crippen molar-refractivity contribution in [1.29, 1.82) is 0 Å². The molecule has 1 aliphatic heterocycles. The topological polar surface area (TPSA) is 94.5 Å². The molecule has 0 bridgehead atoms. The smallest absolute Gasteiger partial charge is 0.190 e. The molecule has 31 heavy (non-hydrogen) atoms. The van der Waals surface area contributed by atoms with Crippen molar-refractivity contribution < 1.29 is 4.39 Å². The van der Waals surface area contributed by atoms with E-state index >= 15 is 0 Å². The summed E-state index contributed by atoms with van der Waals surface area (Å²) < 4.78 is 15.9. The molecule has 0 saturated heterocycles. The zero-order valence-corrected chi connectivity index (χ0v) is 18.1. The minimum absolute atomic E-state index is 0.300. The van der Waals surface area contributed by atoms with Crippen LogP contribution in [-0.4, -0.2) is 38.3 Å². The standard InChI is InChI=1S/C22H22FN7S/c1-12-7-16(10-18(23)13(12)2)30-22(27-28-29-30)17-8-15(11-26-21(17)24)20-9-14-3-5-25-6-4-19(14)31-20/h7-11,25H,3-6H2,1-2H3,(H2,24,26). The molecule has 3 N–H and O–H groups in total. The number of hydrogen-bond donors (Lipinski definition) is 2. The van der Waals surface area contributed by atoms with Gasteiger partial charge in [0.25, 0.3) is 0 Å². The van der Waals surface area contributed by atoms with E-state index in [9.17, 15) is 4.39 Å². The van der Waals surface area contributed by atoms with Crippen LogP contribution in [0.2, 0.25) is 0 Å². The van der Waals surface area contributed by atoms with Gasteiger partial charge in [0.15, 0.2) is 5.82 Å². The predicted molar refractivity (Wildman–Crippen MR) is 120 cm³/mol. The normalized spacial score (nSPS) is 13.8. The monoisotopic (exact) mass is 435 g/mol. The fourth-order valence-corrected chi connectivity index (χ4v) is 5.01. The van der Waals surface area contributed by atoms with Gasteiger partial charge in [-0.3, -0.25) is 0 Å². The van der Waals surface area contributed by atoms with Crippen LogP contribution in [0.5, 0.6) is 0 Å². The number of nitrogens with two attached hydrogens (primary N) is 1. The predicted octanol–water partition coefficient (Wildman–Crippen LogP) is 3.48. The fourth-order valence-electron chi connectivity index (χ4n) is 3.82. The Bertz CT molecular complexity index is 1230. The number of hydrogen-bond acceptors (Lipinski definition) is 7. The molecule has 7 nitrogen and oxygen atoms in total. The van der Waals surface area contributed by atoms with Crippen LogP contribution in [0.15, 0.2) is 30.5 Å². The van der Waals surface area contributed by atoms with E-state index in [1.807, 2.05) is 19.1 Å². The summed E-state index contributed by atoms with van der Waals surface area (Å²) in [6, 6.07) is 7.49. The maximum Gasteiger partial charge on any atom is 0.190 e. The van der Waals surface area contributed by atoms with E-state index in [1.54, 1.807) is 24.5 Å². The highest BCUT2D eigenvalue weighted by Gasteiger charge is 2.19. The zero-order chi connectivity index (χ0) is 21.5. The highest BCUT2D eigenvalue weighted by Crippen LogP contribution is 2.36. The summed E-state index contributed by atoms with van der Waals surface area (Å²) in [4.78, 5) is 6.97. The van der Waals surface area contributed by atoms with E-state index in [0.717, 1.165) is 41.9 Å². The summed E-state index contributed by atoms with van der Waals surface area (Å²) in [6.07, 6.45) is 3.84. The SMILES string of the molecule is Cc1cc(-n2nnnc2-c2cc(-c3cc4c(s3)CCNCC4)cnc2N)cc(F)c1C. The number of tetrazole rings is 1. The molecule has 1 aliphatic rings. The van der Waals surface area contributed by atoms with Crippen LogP contribution < -0.4 is 11.1 Å². The van der Waals surface area contributed by atoms with Gasteiger partial charge in [-0.05, 0) is 91.2 Å². The van der Waals surface area contributed by atoms with Gasteiger partial charge in [0.1, 0.15) is 11.6 Å². The first-order chi connectivity index (χ1) is 15.0. The first-order valence-electron chi connectivity index (χ1n) is 10.2. The minimum atomic E-state index is -0.300. The van der Waals surface area contributed by atoms with E-state index in [1.165, 1.54) is 21.2 Å². The first-order valence-corrected chi connectivity index (χ1v) is 11.0. The maximum atomic E-state index is 14.4. The van der Waals surface area contributed by atoms with Crippen molar-refractivity contribution in [2.24, 2.45) is 0 Å². The fraction of sp³-hybridized carbons (Fsp3) is 0.273. The van der Waals surface area contributed by atoms with Crippen LogP contribution in [0.25, 0.3) is 27.5 Å². The number of pyridine rings is 1. The summed E-state index contributed by atoms with van der Waals surface area (Å²) in [7, 11) is 0. The third-order valence-corrected chi connectivity index (χ3v) is 7.03. The van der Waals surface area contributed by atoms with Gasteiger partial charge < -0.3 is 11.1 Å². The van der Waals surface area contributed by atoms with Crippen LogP contribution in [0.1, 0.15) is 21.6 Å². The summed E-state index contributed by atoms with van der Waals surface area (Å²) in [5.74, 6) is 0.453. The Morgan fingerprint density at radius 3 is 2.81 bits per heavy atom. The van der Waals surface area contributed by atoms with Crippen molar-refractivity contribution in [2.75, 3.05) is 18.8 Å². The molecule has 0 spiro atoms. The number of nitrogens with zero attached hydrogens (tertiary/aromatic N) is 5. The Morgan fingerprint density at radius 1 is 1.13 bits per heavy atom. The van der Waals surface area contributed by atoms with Crippen LogP contribution in [0, 0.1) is 19.7 Å². The number of fused-ring (bicyclic) bond motifs is 1. The van der Waals surface area contributed by atoms with Gasteiger partial charge in [0.2, 0.25) is 0 Å². The minimum Gasteiger partial charge on any atom is -0.383 e. The molecule has 158 valence electrons. The second kappa shape index (κ2) is 7.82. The lowest BCUT2D eigenvalue weighted by molar-refractivity contribution is 0.614. The molecule has 0 amide bonds. The summed E-state index contributed by atoms with van der Waals surface area (Å²) in [5.41, 5.74) is 11.2. The number of aryl methyl sites for hydroxylation is 1. The molecule has 0 radical (unpaired) electrons. The number of nitrogens with one attached hydrogen (secondary N) is 1. The second-order valence-corrected chi connectivity index (χ2v) is 8.89. The number of rotatable bonds is 3. The zero-order valence-electron chi connectivity index (χ0n) is 17.3. The molecule has 0 saturated carbocycles. The van der Waals surface area contributed by atoms with Crippen molar-refractivity contribution in [3.05, 3.63) is 57.8 Å². The van der Waals surface area contributed by atoms with Gasteiger partial charge in [-0.25, -0.2) is 9.37 Å². The average Bonchev–Trinajstić information content (AvgIpc) is 3.34. The molecule has 0 fully saturated rings. The third kappa shape index (κ3) is 3.60. The van der Waals surface area contributed by atoms with Crippen molar-refractivity contribution >= 4 is 17.2 Å². The van der Waals surface area contributed by atoms with Crippen LogP contribution in [0.4, 0.5) is 10.2 Å². The highest BCUT2D eigenvalue weighted by atomic mass is 32.1. The van der Waals surface area contributed by atoms with Crippen LogP contribution in [-0.2, 0) is 12.8 Å². The van der Waals surface area contributed by atoms with Gasteiger partial charge in [-0.2, -0.15) is 4.68 Å². The number of thiophene rings is 1. The Balaban J connectivity index is 1.58. The summed E-state index contributed by atoms with van der Waals surface area (Å²) in [6.45, 7) is 5.60. The van der Waals surface area contributed by atoms with E-state index in [2.05, 4.69) is 31.9 Å². The van der Waals surface area contributed by atoms with Crippen molar-refractivity contribution in [3.8, 4) is 27.5 Å². The van der Waals surface area contributed by atoms with Gasteiger partial charge in [-0.15, -0.1) is 16.4 Å². The molecule has 0 atom stereocenters. The number of benzene rings is 1. The number of anilines is 1. The average molecular weight is 436 g/mol. The molecule has 0 aliphatic carbocycles. The van der Waals surface area contributed by atoms with Crippen molar-refractivity contribution in [3.63, 3.8) is 0 Å². The number of halogens is 1. The largest absolute Gasteiger partial charge is 0.383 e. The lowest BCUT2D eigenvalue weighted by Crippen LogP contribution is -2.16. The van der Waals surface area contributed by atoms with Gasteiger partial charge in [0, 0.05) is 21.5 Å². The van der Waals surface area contributed by atoms with Crippen LogP contribution >= 0.6 is 11.3 Å². The summed E-state index contributed by atoms with van der Waals surface area (Å²) in [5, 5.41) is 15.5. The second-order valence-electron chi connectivity index (χ2n) is 7.75. The Hall–Kier alpha value is -3.17. The van der Waals surface area contributed by atoms with Crippen LogP contribution in [0.3, 0.4) is 0 Å². The maximum absolute atomic E-state index is 14.4. The third-order valence-electron chi connectivity index (χ3n) is 5.74. The molecular formula is C22H22FN7S. The first kappa shape index (κ1) is 19.8. The molecule has 3 aromatic heterocycles. The van der Waals surface area contributed by atoms with Crippen molar-refractivity contribution in [2.45, 2.75) is 26.7 Å². The Morgan fingerprint density at radius 2 is 1.97 bits per heavy atom. The molecule has 4 heterocycles. The molecule has 9 heteroatoms. The number of aromatic nitrogens is 5. The lowest BCUT2D eigenvalue weighted by atomic mass is 10.1. The van der Waals surface area contributed by atoms with E-state index in [4.69, 9.17) is 5.73 Å². The van der Waals surface area contributed by atoms with Gasteiger partial charge in [-0.1, -0.05) is 0 Å². The van der Waals surface area contributed by atoms with E-state index in [0.29, 0.717) is 28.5 Å². The molecule has 4 aromatic rings.